The van der Waals surface area contributed by atoms with Crippen LogP contribution in [0.1, 0.15) is 110 Å². The van der Waals surface area contributed by atoms with Crippen molar-refractivity contribution >= 4 is 0 Å². The molecular formula is C25H44. The Morgan fingerprint density at radius 1 is 0.760 bits per heavy atom. The van der Waals surface area contributed by atoms with Crippen molar-refractivity contribution in [2.45, 2.75) is 110 Å². The number of hydrogen-bond acceptors (Lipinski definition) is 0. The standard InChI is InChI=1S/C25H44/c1-3-5-7-12-22-17-19-23(20-18-22)13-8-9-14-25-16-10-15-24(21-25)11-6-4-2/h3,5-6,11,22-25H,4,7-10,12-21H2,1-2H3/b5-3+,11-6-. The van der Waals surface area contributed by atoms with Crippen molar-refractivity contribution in [3.63, 3.8) is 0 Å². The number of rotatable bonds is 10. The first kappa shape index (κ1) is 20.8. The molecule has 2 fully saturated rings. The van der Waals surface area contributed by atoms with Gasteiger partial charge in [0.05, 0.1) is 0 Å². The first-order chi connectivity index (χ1) is 12.3. The second kappa shape index (κ2) is 12.8. The van der Waals surface area contributed by atoms with Gasteiger partial charge >= 0.3 is 0 Å². The van der Waals surface area contributed by atoms with Crippen LogP contribution in [-0.4, -0.2) is 0 Å². The number of unbranched alkanes of at least 4 members (excludes halogenated alkanes) is 1. The van der Waals surface area contributed by atoms with E-state index in [2.05, 4.69) is 38.2 Å². The zero-order valence-electron chi connectivity index (χ0n) is 17.2. The highest BCUT2D eigenvalue weighted by Gasteiger charge is 2.22. The van der Waals surface area contributed by atoms with Crippen molar-refractivity contribution in [3.8, 4) is 0 Å². The van der Waals surface area contributed by atoms with Crippen LogP contribution in [0.3, 0.4) is 0 Å². The smallest absolute Gasteiger partial charge is 0.0231 e. The third-order valence-electron chi connectivity index (χ3n) is 6.89. The van der Waals surface area contributed by atoms with Crippen LogP contribution in [-0.2, 0) is 0 Å². The second-order valence-corrected chi connectivity index (χ2v) is 8.95. The highest BCUT2D eigenvalue weighted by Crippen LogP contribution is 2.36. The molecule has 2 rings (SSSR count). The topological polar surface area (TPSA) is 0 Å². The molecule has 2 saturated carbocycles. The van der Waals surface area contributed by atoms with Crippen LogP contribution in [0, 0.1) is 23.7 Å². The van der Waals surface area contributed by atoms with E-state index in [0.29, 0.717) is 0 Å². The van der Waals surface area contributed by atoms with Crippen molar-refractivity contribution in [2.75, 3.05) is 0 Å². The zero-order chi connectivity index (χ0) is 17.7. The van der Waals surface area contributed by atoms with E-state index in [1.807, 2.05) is 0 Å². The van der Waals surface area contributed by atoms with Crippen molar-refractivity contribution in [2.24, 2.45) is 23.7 Å². The summed E-state index contributed by atoms with van der Waals surface area (Å²) in [5.74, 6) is 4.02. The largest absolute Gasteiger partial charge is 0.0917 e. The normalized spacial score (nSPS) is 31.1. The van der Waals surface area contributed by atoms with Gasteiger partial charge < -0.3 is 0 Å². The van der Waals surface area contributed by atoms with E-state index in [9.17, 15) is 0 Å². The maximum atomic E-state index is 2.51. The Bertz CT molecular complexity index is 369. The molecule has 0 aromatic rings. The van der Waals surface area contributed by atoms with Crippen LogP contribution < -0.4 is 0 Å². The molecule has 0 aliphatic heterocycles. The zero-order valence-corrected chi connectivity index (χ0v) is 17.2. The molecular weight excluding hydrogens is 300 g/mol. The Morgan fingerprint density at radius 3 is 2.12 bits per heavy atom. The van der Waals surface area contributed by atoms with Crippen LogP contribution in [0.4, 0.5) is 0 Å². The summed E-state index contributed by atoms with van der Waals surface area (Å²) in [4.78, 5) is 0. The summed E-state index contributed by atoms with van der Waals surface area (Å²) in [7, 11) is 0. The molecule has 2 aliphatic carbocycles. The van der Waals surface area contributed by atoms with Crippen molar-refractivity contribution in [3.05, 3.63) is 24.3 Å². The molecule has 0 radical (unpaired) electrons. The Labute approximate surface area is 158 Å². The maximum absolute atomic E-state index is 2.51. The van der Waals surface area contributed by atoms with Gasteiger partial charge in [0.15, 0.2) is 0 Å². The van der Waals surface area contributed by atoms with Gasteiger partial charge in [-0.3, -0.25) is 0 Å². The van der Waals surface area contributed by atoms with Gasteiger partial charge in [-0.25, -0.2) is 0 Å². The first-order valence-electron chi connectivity index (χ1n) is 11.6. The van der Waals surface area contributed by atoms with Crippen LogP contribution in [0.5, 0.6) is 0 Å². The average Bonchev–Trinajstić information content (AvgIpc) is 2.65. The Hall–Kier alpha value is -0.520. The van der Waals surface area contributed by atoms with Crippen molar-refractivity contribution in [1.29, 1.82) is 0 Å². The molecule has 2 unspecified atom stereocenters. The highest BCUT2D eigenvalue weighted by atomic mass is 14.3. The van der Waals surface area contributed by atoms with E-state index in [4.69, 9.17) is 0 Å². The van der Waals surface area contributed by atoms with E-state index in [0.717, 1.165) is 23.7 Å². The highest BCUT2D eigenvalue weighted by molar-refractivity contribution is 4.90. The quantitative estimate of drug-likeness (QED) is 0.275. The van der Waals surface area contributed by atoms with Crippen LogP contribution in [0.2, 0.25) is 0 Å². The number of hydrogen-bond donors (Lipinski definition) is 0. The lowest BCUT2D eigenvalue weighted by Gasteiger charge is -2.29. The minimum absolute atomic E-state index is 0.900. The van der Waals surface area contributed by atoms with Gasteiger partial charge in [0.1, 0.15) is 0 Å². The Morgan fingerprint density at radius 2 is 1.44 bits per heavy atom. The van der Waals surface area contributed by atoms with E-state index in [1.165, 1.54) is 96.3 Å². The third-order valence-corrected chi connectivity index (χ3v) is 6.89. The molecule has 2 atom stereocenters. The average molecular weight is 345 g/mol. The fourth-order valence-electron chi connectivity index (χ4n) is 5.27. The first-order valence-corrected chi connectivity index (χ1v) is 11.6. The summed E-state index contributed by atoms with van der Waals surface area (Å²) in [5, 5.41) is 0. The predicted molar refractivity (Wildman–Crippen MR) is 113 cm³/mol. The fourth-order valence-corrected chi connectivity index (χ4v) is 5.27. The lowest BCUT2D eigenvalue weighted by Crippen LogP contribution is -2.15. The minimum Gasteiger partial charge on any atom is -0.0917 e. The molecule has 2 aliphatic rings. The van der Waals surface area contributed by atoms with E-state index in [-0.39, 0.29) is 0 Å². The van der Waals surface area contributed by atoms with E-state index >= 15 is 0 Å². The lowest BCUT2D eigenvalue weighted by molar-refractivity contribution is 0.242. The van der Waals surface area contributed by atoms with Crippen LogP contribution >= 0.6 is 0 Å². The summed E-state index contributed by atoms with van der Waals surface area (Å²) in [6.45, 7) is 4.40. The van der Waals surface area contributed by atoms with Gasteiger partial charge in [0.2, 0.25) is 0 Å². The molecule has 0 amide bonds. The molecule has 0 spiro atoms. The molecule has 144 valence electrons. The summed E-state index contributed by atoms with van der Waals surface area (Å²) in [6.07, 6.45) is 31.4. The fraction of sp³-hybridized carbons (Fsp3) is 0.840. The maximum Gasteiger partial charge on any atom is -0.0231 e. The van der Waals surface area contributed by atoms with Crippen LogP contribution in [0.15, 0.2) is 24.3 Å². The third kappa shape index (κ3) is 8.61. The summed E-state index contributed by atoms with van der Waals surface area (Å²) >= 11 is 0. The monoisotopic (exact) mass is 344 g/mol. The van der Waals surface area contributed by atoms with Gasteiger partial charge in [0.25, 0.3) is 0 Å². The SMILES string of the molecule is C/C=C/CCC1CCC(CCCCC2CCCC(/C=C\CC)C2)CC1. The summed E-state index contributed by atoms with van der Waals surface area (Å²) in [6, 6.07) is 0. The number of allylic oxidation sites excluding steroid dienone is 4. The van der Waals surface area contributed by atoms with Crippen molar-refractivity contribution < 1.29 is 0 Å². The van der Waals surface area contributed by atoms with Gasteiger partial charge in [-0.2, -0.15) is 0 Å². The van der Waals surface area contributed by atoms with Crippen LogP contribution in [0.25, 0.3) is 0 Å². The molecule has 0 saturated heterocycles. The summed E-state index contributed by atoms with van der Waals surface area (Å²) < 4.78 is 0. The van der Waals surface area contributed by atoms with Gasteiger partial charge in [-0.05, 0) is 62.7 Å². The predicted octanol–water partition coefficient (Wildman–Crippen LogP) is 8.48. The molecule has 0 bridgehead atoms. The molecule has 0 aromatic heterocycles. The van der Waals surface area contributed by atoms with Gasteiger partial charge in [0, 0.05) is 0 Å². The Balaban J connectivity index is 1.51. The molecule has 0 heterocycles. The molecule has 0 aromatic carbocycles. The Kier molecular flexibility index (Phi) is 10.6. The van der Waals surface area contributed by atoms with Crippen molar-refractivity contribution in [1.82, 2.24) is 0 Å². The molecule has 0 N–H and O–H groups in total. The molecule has 25 heavy (non-hydrogen) atoms. The molecule has 0 nitrogen and oxygen atoms in total. The molecule has 0 heteroatoms. The lowest BCUT2D eigenvalue weighted by atomic mass is 9.77. The minimum atomic E-state index is 0.900. The van der Waals surface area contributed by atoms with Gasteiger partial charge in [-0.1, -0.05) is 95.4 Å². The summed E-state index contributed by atoms with van der Waals surface area (Å²) in [5.41, 5.74) is 0. The van der Waals surface area contributed by atoms with Gasteiger partial charge in [-0.15, -0.1) is 0 Å². The van der Waals surface area contributed by atoms with E-state index in [1.54, 1.807) is 0 Å². The van der Waals surface area contributed by atoms with E-state index < -0.39 is 0 Å². The second-order valence-electron chi connectivity index (χ2n) is 8.95.